The van der Waals surface area contributed by atoms with Gasteiger partial charge in [-0.1, -0.05) is 0 Å². The van der Waals surface area contributed by atoms with Gasteiger partial charge < -0.3 is 20.5 Å². The summed E-state index contributed by atoms with van der Waals surface area (Å²) < 4.78 is 14.7. The van der Waals surface area contributed by atoms with Crippen molar-refractivity contribution in [3.8, 4) is 33.9 Å². The molecule has 43 heavy (non-hydrogen) atoms. The Labute approximate surface area is 246 Å². The first-order chi connectivity index (χ1) is 20.9. The fourth-order valence-corrected chi connectivity index (χ4v) is 5.03. The van der Waals surface area contributed by atoms with E-state index in [-0.39, 0.29) is 17.6 Å². The second kappa shape index (κ2) is 10.9. The summed E-state index contributed by atoms with van der Waals surface area (Å²) in [6, 6.07) is 10.5. The van der Waals surface area contributed by atoms with Crippen LogP contribution in [-0.4, -0.2) is 73.1 Å². The second-order valence-corrected chi connectivity index (χ2v) is 11.0. The fourth-order valence-electron chi connectivity index (χ4n) is 5.03. The minimum absolute atomic E-state index is 0.0207. The number of fused-ring (bicyclic) bond motifs is 2. The molecule has 1 saturated carbocycles. The number of nitrogens with one attached hydrogen (secondary N) is 4. The average molecular weight is 577 g/mol. The average Bonchev–Trinajstić information content (AvgIpc) is 3.62. The molecule has 7 rings (SSSR count). The van der Waals surface area contributed by atoms with Crippen molar-refractivity contribution in [1.29, 1.82) is 0 Å². The topological polar surface area (TPSA) is 140 Å². The number of amides is 1. The van der Waals surface area contributed by atoms with Crippen LogP contribution in [0.15, 0.2) is 61.2 Å². The number of anilines is 2. The Kier molecular flexibility index (Phi) is 6.74. The van der Waals surface area contributed by atoms with Crippen LogP contribution in [0.2, 0.25) is 0 Å². The Hall–Kier alpha value is -5.23. The molecule has 4 N–H and O–H groups in total. The third-order valence-electron chi connectivity index (χ3n) is 7.41. The molecule has 1 aliphatic rings. The minimum atomic E-state index is -0.335. The molecular weight excluding hydrogens is 547 g/mol. The van der Waals surface area contributed by atoms with Crippen molar-refractivity contribution in [2.75, 3.05) is 37.8 Å². The number of benzene rings is 1. The molecule has 216 valence electrons. The van der Waals surface area contributed by atoms with E-state index in [4.69, 9.17) is 4.98 Å². The van der Waals surface area contributed by atoms with E-state index in [0.717, 1.165) is 41.4 Å². The van der Waals surface area contributed by atoms with Crippen LogP contribution in [0.4, 0.5) is 15.8 Å². The minimum Gasteiger partial charge on any atom is -0.384 e. The van der Waals surface area contributed by atoms with Gasteiger partial charge in [0.2, 0.25) is 5.91 Å². The molecule has 11 nitrogen and oxygen atoms in total. The number of halogens is 1. The lowest BCUT2D eigenvalue weighted by Crippen LogP contribution is -2.20. The van der Waals surface area contributed by atoms with Crippen LogP contribution in [0.3, 0.4) is 0 Å². The molecule has 1 fully saturated rings. The normalized spacial score (nSPS) is 13.2. The van der Waals surface area contributed by atoms with E-state index in [9.17, 15) is 9.18 Å². The first-order valence-electron chi connectivity index (χ1n) is 14.1. The number of hydrogen-bond acceptors (Lipinski definition) is 8. The van der Waals surface area contributed by atoms with Crippen LogP contribution in [0.1, 0.15) is 12.8 Å². The highest BCUT2D eigenvalue weighted by Gasteiger charge is 2.29. The monoisotopic (exact) mass is 576 g/mol. The third kappa shape index (κ3) is 5.52. The molecule has 6 aromatic rings. The summed E-state index contributed by atoms with van der Waals surface area (Å²) in [5.74, 6) is 0.298. The van der Waals surface area contributed by atoms with Gasteiger partial charge in [0.1, 0.15) is 11.5 Å². The van der Waals surface area contributed by atoms with Crippen molar-refractivity contribution in [3.05, 3.63) is 67.0 Å². The van der Waals surface area contributed by atoms with Gasteiger partial charge in [-0.2, -0.15) is 5.10 Å². The van der Waals surface area contributed by atoms with Crippen molar-refractivity contribution >= 4 is 39.3 Å². The predicted octanol–water partition coefficient (Wildman–Crippen LogP) is 5.09. The van der Waals surface area contributed by atoms with Crippen molar-refractivity contribution in [1.82, 2.24) is 40.0 Å². The summed E-state index contributed by atoms with van der Waals surface area (Å²) in [4.78, 5) is 35.8. The fraction of sp³-hybridized carbons (Fsp3) is 0.226. The zero-order valence-electron chi connectivity index (χ0n) is 23.6. The molecule has 0 saturated heterocycles. The number of hydrogen-bond donors (Lipinski definition) is 4. The van der Waals surface area contributed by atoms with Gasteiger partial charge in [0.05, 0.1) is 34.8 Å². The summed E-state index contributed by atoms with van der Waals surface area (Å²) in [6.45, 7) is 1.51. The molecule has 0 unspecified atom stereocenters. The van der Waals surface area contributed by atoms with E-state index in [1.54, 1.807) is 24.8 Å². The maximum Gasteiger partial charge on any atom is 0.227 e. The lowest BCUT2D eigenvalue weighted by molar-refractivity contribution is -0.117. The summed E-state index contributed by atoms with van der Waals surface area (Å²) in [7, 11) is 3.99. The van der Waals surface area contributed by atoms with Crippen molar-refractivity contribution in [2.45, 2.75) is 12.8 Å². The van der Waals surface area contributed by atoms with Crippen LogP contribution < -0.4 is 10.6 Å². The number of likely N-dealkylation sites (N-methyl/N-ethyl adjacent to an activating group) is 1. The highest BCUT2D eigenvalue weighted by Crippen LogP contribution is 2.34. The Balaban J connectivity index is 1.23. The van der Waals surface area contributed by atoms with Crippen LogP contribution in [0.25, 0.3) is 56.0 Å². The van der Waals surface area contributed by atoms with E-state index in [1.165, 1.54) is 12.1 Å². The van der Waals surface area contributed by atoms with Gasteiger partial charge in [-0.15, -0.1) is 0 Å². The van der Waals surface area contributed by atoms with E-state index < -0.39 is 0 Å². The van der Waals surface area contributed by atoms with Gasteiger partial charge in [-0.3, -0.25) is 19.9 Å². The summed E-state index contributed by atoms with van der Waals surface area (Å²) >= 11 is 0. The molecule has 5 aromatic heterocycles. The van der Waals surface area contributed by atoms with E-state index in [2.05, 4.69) is 45.7 Å². The Morgan fingerprint density at radius 2 is 1.91 bits per heavy atom. The summed E-state index contributed by atoms with van der Waals surface area (Å²) in [5, 5.41) is 14.6. The van der Waals surface area contributed by atoms with E-state index in [0.29, 0.717) is 51.9 Å². The number of rotatable bonds is 9. The largest absolute Gasteiger partial charge is 0.384 e. The maximum absolute atomic E-state index is 14.7. The zero-order valence-corrected chi connectivity index (χ0v) is 23.6. The van der Waals surface area contributed by atoms with Crippen LogP contribution >= 0.6 is 0 Å². The number of pyridine rings is 3. The molecule has 0 bridgehead atoms. The van der Waals surface area contributed by atoms with Crippen molar-refractivity contribution in [3.63, 3.8) is 0 Å². The molecule has 0 aliphatic heterocycles. The number of carbonyl (C=O) groups excluding carboxylic acids is 1. The number of nitrogens with zero attached hydrogens (tertiary/aromatic N) is 6. The number of carbonyl (C=O) groups is 1. The Bertz CT molecular complexity index is 1980. The first kappa shape index (κ1) is 26.7. The standard InChI is InChI=1S/C31H29FN10O/c1-42(2)8-7-34-21-10-18(9-20(32)12-21)23-5-6-35-29-27(23)38-30(39-29)28-24-13-25(36-16-26(24)40-41-28)19-11-22(15-33-14-19)37-31(43)17-3-4-17/h5-6,9-17,34H,3-4,7-8H2,1-2H3,(H,37,43)(H,40,41)(H,35,38,39). The summed E-state index contributed by atoms with van der Waals surface area (Å²) in [6.07, 6.45) is 8.57. The molecule has 1 amide bonds. The highest BCUT2D eigenvalue weighted by atomic mass is 19.1. The third-order valence-corrected chi connectivity index (χ3v) is 7.41. The molecule has 0 atom stereocenters. The maximum atomic E-state index is 14.7. The molecule has 0 radical (unpaired) electrons. The quantitative estimate of drug-likeness (QED) is 0.187. The van der Waals surface area contributed by atoms with Gasteiger partial charge >= 0.3 is 0 Å². The van der Waals surface area contributed by atoms with Gasteiger partial charge in [0.15, 0.2) is 11.5 Å². The van der Waals surface area contributed by atoms with Crippen LogP contribution in [0, 0.1) is 11.7 Å². The molecule has 0 spiro atoms. The van der Waals surface area contributed by atoms with Gasteiger partial charge in [-0.05, 0) is 68.9 Å². The predicted molar refractivity (Wildman–Crippen MR) is 164 cm³/mol. The van der Waals surface area contributed by atoms with E-state index >= 15 is 0 Å². The number of aromatic nitrogens is 7. The number of imidazole rings is 1. The molecule has 12 heteroatoms. The van der Waals surface area contributed by atoms with E-state index in [1.807, 2.05) is 38.4 Å². The van der Waals surface area contributed by atoms with Crippen LogP contribution in [-0.2, 0) is 4.79 Å². The second-order valence-electron chi connectivity index (χ2n) is 11.0. The first-order valence-corrected chi connectivity index (χ1v) is 14.1. The van der Waals surface area contributed by atoms with Gasteiger partial charge in [0, 0.05) is 53.6 Å². The molecule has 5 heterocycles. The molecule has 1 aromatic carbocycles. The number of aromatic amines is 2. The molecular formula is C31H29FN10O. The lowest BCUT2D eigenvalue weighted by atomic mass is 10.0. The summed E-state index contributed by atoms with van der Waals surface area (Å²) in [5.41, 5.74) is 6.75. The number of H-pyrrole nitrogens is 2. The lowest BCUT2D eigenvalue weighted by Gasteiger charge is -2.13. The highest BCUT2D eigenvalue weighted by molar-refractivity contribution is 5.97. The molecule has 1 aliphatic carbocycles. The van der Waals surface area contributed by atoms with Crippen molar-refractivity contribution in [2.24, 2.45) is 5.92 Å². The SMILES string of the molecule is CN(C)CCNc1cc(F)cc(-c2ccnc3nc(-c4n[nH]c5cnc(-c6cncc(NC(=O)C7CC7)c6)cc45)[nH]c23)c1. The van der Waals surface area contributed by atoms with Crippen molar-refractivity contribution < 1.29 is 9.18 Å². The zero-order chi connectivity index (χ0) is 29.5. The Morgan fingerprint density at radius 3 is 2.74 bits per heavy atom. The smallest absolute Gasteiger partial charge is 0.227 e. The van der Waals surface area contributed by atoms with Crippen LogP contribution in [0.5, 0.6) is 0 Å². The van der Waals surface area contributed by atoms with Gasteiger partial charge in [-0.25, -0.2) is 14.4 Å². The van der Waals surface area contributed by atoms with Gasteiger partial charge in [0.25, 0.3) is 0 Å². The Morgan fingerprint density at radius 1 is 1.05 bits per heavy atom.